The molecule has 3 aromatic rings. The predicted octanol–water partition coefficient (Wildman–Crippen LogP) is 1.75. The Morgan fingerprint density at radius 1 is 0.935 bits per heavy atom. The van der Waals surface area contributed by atoms with Crippen LogP contribution in [0.1, 0.15) is 44.4 Å². The Balaban J connectivity index is 1.36. The summed E-state index contributed by atoms with van der Waals surface area (Å²) in [5.41, 5.74) is 0.217. The van der Waals surface area contributed by atoms with Gasteiger partial charge in [0.05, 0.1) is 6.26 Å². The van der Waals surface area contributed by atoms with Crippen molar-refractivity contribution in [1.82, 2.24) is 25.2 Å². The van der Waals surface area contributed by atoms with Crippen molar-refractivity contribution < 1.29 is 18.8 Å². The Morgan fingerprint density at radius 2 is 1.74 bits per heavy atom. The third kappa shape index (κ3) is 4.74. The van der Waals surface area contributed by atoms with Gasteiger partial charge in [0.15, 0.2) is 17.3 Å². The highest BCUT2D eigenvalue weighted by Crippen LogP contribution is 2.16. The molecule has 0 saturated carbocycles. The van der Waals surface area contributed by atoms with Crippen LogP contribution in [0.3, 0.4) is 0 Å². The molecule has 0 spiro atoms. The van der Waals surface area contributed by atoms with Gasteiger partial charge in [-0.1, -0.05) is 6.07 Å². The van der Waals surface area contributed by atoms with Crippen LogP contribution in [-0.4, -0.2) is 56.7 Å². The van der Waals surface area contributed by atoms with Gasteiger partial charge < -0.3 is 20.0 Å². The van der Waals surface area contributed by atoms with Gasteiger partial charge in [0, 0.05) is 37.7 Å². The molecule has 3 aromatic heterocycles. The SMILES string of the molecule is O=C(Nc1nccnc1C(=O)NC1CCN(C(=O)c2ccco2)CC1)c1ccccn1. The number of rotatable bonds is 5. The molecular weight excluding hydrogens is 400 g/mol. The topological polar surface area (TPSA) is 130 Å². The predicted molar refractivity (Wildman–Crippen MR) is 109 cm³/mol. The summed E-state index contributed by atoms with van der Waals surface area (Å²) in [5.74, 6) is -0.736. The molecule has 31 heavy (non-hydrogen) atoms. The molecule has 1 fully saturated rings. The molecule has 0 aliphatic carbocycles. The van der Waals surface area contributed by atoms with E-state index in [1.165, 1.54) is 24.9 Å². The lowest BCUT2D eigenvalue weighted by atomic mass is 10.0. The number of nitrogens with one attached hydrogen (secondary N) is 2. The van der Waals surface area contributed by atoms with Crippen LogP contribution >= 0.6 is 0 Å². The minimum Gasteiger partial charge on any atom is -0.459 e. The molecule has 1 saturated heterocycles. The maximum atomic E-state index is 12.8. The van der Waals surface area contributed by atoms with Gasteiger partial charge in [-0.05, 0) is 37.1 Å². The van der Waals surface area contributed by atoms with E-state index in [1.807, 2.05) is 0 Å². The number of carbonyl (C=O) groups excluding carboxylic acids is 3. The number of furan rings is 1. The Bertz CT molecular complexity index is 1060. The van der Waals surface area contributed by atoms with Gasteiger partial charge in [-0.3, -0.25) is 19.4 Å². The van der Waals surface area contributed by atoms with E-state index in [4.69, 9.17) is 4.42 Å². The number of carbonyl (C=O) groups is 3. The second kappa shape index (κ2) is 9.16. The molecular formula is C21H20N6O4. The smallest absolute Gasteiger partial charge is 0.289 e. The zero-order valence-electron chi connectivity index (χ0n) is 16.5. The molecule has 0 bridgehead atoms. The highest BCUT2D eigenvalue weighted by atomic mass is 16.3. The average molecular weight is 420 g/mol. The molecule has 4 rings (SSSR count). The third-order valence-electron chi connectivity index (χ3n) is 4.89. The van der Waals surface area contributed by atoms with Crippen molar-refractivity contribution in [3.63, 3.8) is 0 Å². The van der Waals surface area contributed by atoms with Crippen molar-refractivity contribution in [2.24, 2.45) is 0 Å². The molecule has 158 valence electrons. The minimum absolute atomic E-state index is 0.0147. The maximum absolute atomic E-state index is 12.8. The summed E-state index contributed by atoms with van der Waals surface area (Å²) in [4.78, 5) is 51.3. The van der Waals surface area contributed by atoms with Gasteiger partial charge in [0.1, 0.15) is 5.69 Å². The zero-order valence-corrected chi connectivity index (χ0v) is 16.5. The largest absolute Gasteiger partial charge is 0.459 e. The molecule has 0 aromatic carbocycles. The Labute approximate surface area is 177 Å². The van der Waals surface area contributed by atoms with Gasteiger partial charge in [0.25, 0.3) is 17.7 Å². The lowest BCUT2D eigenvalue weighted by Crippen LogP contribution is -2.46. The van der Waals surface area contributed by atoms with Gasteiger partial charge in [0.2, 0.25) is 0 Å². The summed E-state index contributed by atoms with van der Waals surface area (Å²) < 4.78 is 5.16. The summed E-state index contributed by atoms with van der Waals surface area (Å²) >= 11 is 0. The van der Waals surface area contributed by atoms with Crippen LogP contribution in [0, 0.1) is 0 Å². The van der Waals surface area contributed by atoms with E-state index in [0.717, 1.165) is 0 Å². The zero-order chi connectivity index (χ0) is 21.6. The summed E-state index contributed by atoms with van der Waals surface area (Å²) in [5, 5.41) is 5.50. The van der Waals surface area contributed by atoms with Crippen molar-refractivity contribution in [3.05, 3.63) is 72.3 Å². The van der Waals surface area contributed by atoms with E-state index in [-0.39, 0.29) is 29.2 Å². The summed E-state index contributed by atoms with van der Waals surface area (Å²) in [6.07, 6.45) is 6.93. The van der Waals surface area contributed by atoms with Gasteiger partial charge in [-0.15, -0.1) is 0 Å². The van der Waals surface area contributed by atoms with Crippen molar-refractivity contribution in [3.8, 4) is 0 Å². The van der Waals surface area contributed by atoms with Crippen molar-refractivity contribution in [2.45, 2.75) is 18.9 Å². The number of nitrogens with zero attached hydrogens (tertiary/aromatic N) is 4. The lowest BCUT2D eigenvalue weighted by Gasteiger charge is -2.31. The molecule has 0 radical (unpaired) electrons. The maximum Gasteiger partial charge on any atom is 0.289 e. The van der Waals surface area contributed by atoms with Gasteiger partial charge in [-0.2, -0.15) is 0 Å². The fourth-order valence-corrected chi connectivity index (χ4v) is 3.30. The number of amides is 3. The first-order chi connectivity index (χ1) is 15.1. The van der Waals surface area contributed by atoms with Gasteiger partial charge >= 0.3 is 0 Å². The van der Waals surface area contributed by atoms with E-state index in [0.29, 0.717) is 31.7 Å². The molecule has 0 unspecified atom stereocenters. The first-order valence-electron chi connectivity index (χ1n) is 9.79. The molecule has 3 amide bonds. The molecule has 10 heteroatoms. The molecule has 1 aliphatic rings. The Kier molecular flexibility index (Phi) is 5.97. The molecule has 2 N–H and O–H groups in total. The normalized spacial score (nSPS) is 14.1. The minimum atomic E-state index is -0.486. The van der Waals surface area contributed by atoms with Crippen LogP contribution in [0.2, 0.25) is 0 Å². The highest BCUT2D eigenvalue weighted by molar-refractivity contribution is 6.06. The number of aromatic nitrogens is 3. The standard InChI is InChI=1S/C21H20N6O4/c28-19(15-4-1-2-8-22-15)26-18-17(23-9-10-24-18)20(29)25-14-6-11-27(12-7-14)21(30)16-5-3-13-31-16/h1-5,8-10,13-14H,6-7,11-12H2,(H,25,29)(H,24,26,28). The fourth-order valence-electron chi connectivity index (χ4n) is 3.30. The number of likely N-dealkylation sites (tertiary alicyclic amines) is 1. The van der Waals surface area contributed by atoms with Gasteiger partial charge in [-0.25, -0.2) is 9.97 Å². The number of hydrogen-bond acceptors (Lipinski definition) is 7. The van der Waals surface area contributed by atoms with Crippen molar-refractivity contribution in [1.29, 1.82) is 0 Å². The lowest BCUT2D eigenvalue weighted by molar-refractivity contribution is 0.0667. The van der Waals surface area contributed by atoms with E-state index in [9.17, 15) is 14.4 Å². The second-order valence-electron chi connectivity index (χ2n) is 6.94. The van der Waals surface area contributed by atoms with Crippen LogP contribution < -0.4 is 10.6 Å². The summed E-state index contributed by atoms with van der Waals surface area (Å²) in [6.45, 7) is 0.989. The number of pyridine rings is 1. The first-order valence-corrected chi connectivity index (χ1v) is 9.79. The van der Waals surface area contributed by atoms with E-state index in [2.05, 4.69) is 25.6 Å². The van der Waals surface area contributed by atoms with E-state index >= 15 is 0 Å². The monoisotopic (exact) mass is 420 g/mol. The highest BCUT2D eigenvalue weighted by Gasteiger charge is 2.27. The van der Waals surface area contributed by atoms with Crippen molar-refractivity contribution in [2.75, 3.05) is 18.4 Å². The van der Waals surface area contributed by atoms with E-state index < -0.39 is 11.8 Å². The quantitative estimate of drug-likeness (QED) is 0.643. The molecule has 1 aliphatic heterocycles. The third-order valence-corrected chi connectivity index (χ3v) is 4.89. The van der Waals surface area contributed by atoms with Crippen molar-refractivity contribution >= 4 is 23.5 Å². The van der Waals surface area contributed by atoms with Crippen LogP contribution in [-0.2, 0) is 0 Å². The average Bonchev–Trinajstić information content (AvgIpc) is 3.35. The van der Waals surface area contributed by atoms with Crippen LogP contribution in [0.5, 0.6) is 0 Å². The second-order valence-corrected chi connectivity index (χ2v) is 6.94. The summed E-state index contributed by atoms with van der Waals surface area (Å²) in [7, 11) is 0. The molecule has 0 atom stereocenters. The summed E-state index contributed by atoms with van der Waals surface area (Å²) in [6, 6.07) is 8.12. The number of piperidine rings is 1. The number of hydrogen-bond donors (Lipinski definition) is 2. The Hall–Kier alpha value is -4.08. The fraction of sp³-hybridized carbons (Fsp3) is 0.238. The van der Waals surface area contributed by atoms with Crippen LogP contribution in [0.25, 0.3) is 0 Å². The molecule has 10 nitrogen and oxygen atoms in total. The molecule has 4 heterocycles. The van der Waals surface area contributed by atoms with Crippen LogP contribution in [0.15, 0.2) is 59.6 Å². The Morgan fingerprint density at radius 3 is 2.45 bits per heavy atom. The number of anilines is 1. The van der Waals surface area contributed by atoms with E-state index in [1.54, 1.807) is 35.2 Å². The van der Waals surface area contributed by atoms with Crippen LogP contribution in [0.4, 0.5) is 5.82 Å². The first kappa shape index (κ1) is 20.2.